The van der Waals surface area contributed by atoms with Crippen molar-refractivity contribution in [1.82, 2.24) is 0 Å². The lowest BCUT2D eigenvalue weighted by molar-refractivity contribution is -0.395. The van der Waals surface area contributed by atoms with Crippen molar-refractivity contribution in [2.24, 2.45) is 5.73 Å². The summed E-state index contributed by atoms with van der Waals surface area (Å²) in [6, 6.07) is 3.74. The summed E-state index contributed by atoms with van der Waals surface area (Å²) in [4.78, 5) is 29.0. The lowest BCUT2D eigenvalue weighted by Crippen LogP contribution is -2.19. The molecule has 0 amide bonds. The van der Waals surface area contributed by atoms with Gasteiger partial charge in [0.2, 0.25) is 0 Å². The molecule has 2 N–H and O–H groups in total. The molecule has 0 aromatic heterocycles. The first-order chi connectivity index (χ1) is 8.02. The maximum atomic E-state index is 10.8. The molecule has 9 nitrogen and oxygen atoms in total. The number of fused-ring (bicyclic) bond motifs is 1. The second kappa shape index (κ2) is 3.63. The summed E-state index contributed by atoms with van der Waals surface area (Å²) in [6.07, 6.45) is 0. The monoisotopic (exact) mass is 239 g/mol. The zero-order valence-corrected chi connectivity index (χ0v) is 8.15. The second-order valence-corrected chi connectivity index (χ2v) is 3.04. The van der Waals surface area contributed by atoms with E-state index in [0.717, 1.165) is 6.07 Å². The normalized spacial score (nSPS) is 13.4. The van der Waals surface area contributed by atoms with Crippen LogP contribution >= 0.6 is 0 Å². The predicted molar refractivity (Wildman–Crippen MR) is 52.9 cm³/mol. The molecule has 0 spiro atoms. The fourth-order valence-corrected chi connectivity index (χ4v) is 1.41. The minimum atomic E-state index is -0.857. The molecule has 88 valence electrons. The minimum absolute atomic E-state index is 0.125. The number of hydrogen-bond donors (Lipinski definition) is 1. The molecule has 1 aliphatic rings. The Morgan fingerprint density at radius 1 is 1.12 bits per heavy atom. The average molecular weight is 239 g/mol. The smallest absolute Gasteiger partial charge is 0.351 e. The summed E-state index contributed by atoms with van der Waals surface area (Å²) in [5.74, 6) is -0.753. The van der Waals surface area contributed by atoms with Crippen LogP contribution in [0, 0.1) is 20.2 Å². The Balaban J connectivity index is 2.76. The fraction of sp³-hybridized carbons (Fsp3) is 0. The van der Waals surface area contributed by atoms with Crippen molar-refractivity contribution in [3.05, 3.63) is 49.9 Å². The van der Waals surface area contributed by atoms with Gasteiger partial charge in [-0.15, -0.1) is 0 Å². The van der Waals surface area contributed by atoms with E-state index in [4.69, 9.17) is 5.73 Å². The van der Waals surface area contributed by atoms with Crippen LogP contribution in [-0.4, -0.2) is 9.85 Å². The van der Waals surface area contributed by atoms with Gasteiger partial charge in [0.25, 0.3) is 5.69 Å². The first kappa shape index (κ1) is 10.7. The highest BCUT2D eigenvalue weighted by Gasteiger charge is 2.37. The molecule has 1 aromatic rings. The number of nitrogens with two attached hydrogens (primary N) is 1. The summed E-state index contributed by atoms with van der Waals surface area (Å²) >= 11 is 0. The van der Waals surface area contributed by atoms with Gasteiger partial charge in [0, 0.05) is 6.07 Å². The molecule has 0 atom stereocenters. The third-order valence-electron chi connectivity index (χ3n) is 2.07. The van der Waals surface area contributed by atoms with E-state index in [0.29, 0.717) is 0 Å². The lowest BCUT2D eigenvalue weighted by Gasteiger charge is -2.14. The van der Waals surface area contributed by atoms with Crippen molar-refractivity contribution in [2.45, 2.75) is 0 Å². The number of nitro benzene ring substituents is 1. The van der Waals surface area contributed by atoms with Gasteiger partial charge in [-0.25, -0.2) is 0 Å². The third-order valence-corrected chi connectivity index (χ3v) is 2.07. The Bertz CT molecular complexity index is 552. The van der Waals surface area contributed by atoms with Gasteiger partial charge < -0.3 is 5.73 Å². The van der Waals surface area contributed by atoms with Gasteiger partial charge in [0.15, 0.2) is 11.3 Å². The molecule has 9 heteroatoms. The van der Waals surface area contributed by atoms with Crippen LogP contribution in [0.25, 0.3) is 5.70 Å². The van der Waals surface area contributed by atoms with E-state index in [9.17, 15) is 20.2 Å². The topological polar surface area (TPSA) is 131 Å². The van der Waals surface area contributed by atoms with Gasteiger partial charge in [-0.05, 0) is 6.07 Å². The highest BCUT2D eigenvalue weighted by molar-refractivity contribution is 5.74. The Morgan fingerprint density at radius 3 is 2.41 bits per heavy atom. The minimum Gasteiger partial charge on any atom is -0.360 e. The maximum absolute atomic E-state index is 10.8. The number of nitrogens with zero attached hydrogens (tertiary/aromatic N) is 2. The van der Waals surface area contributed by atoms with Crippen molar-refractivity contribution in [3.63, 3.8) is 0 Å². The van der Waals surface area contributed by atoms with Crippen LogP contribution in [0.1, 0.15) is 5.56 Å². The van der Waals surface area contributed by atoms with Gasteiger partial charge >= 0.3 is 11.6 Å². The molecular weight excluding hydrogens is 234 g/mol. The molecule has 2 rings (SSSR count). The molecule has 17 heavy (non-hydrogen) atoms. The van der Waals surface area contributed by atoms with E-state index in [1.54, 1.807) is 0 Å². The number of nitro groups is 2. The molecule has 1 aliphatic heterocycles. The van der Waals surface area contributed by atoms with Crippen LogP contribution in [0.15, 0.2) is 24.1 Å². The standard InChI is InChI=1S/C8H5N3O6/c9-8-7(11(14)15)6-4(10(12)13)2-1-3-5(6)16-17-8/h1-3H,9H2. The van der Waals surface area contributed by atoms with Crippen LogP contribution in [0.4, 0.5) is 5.69 Å². The molecule has 0 fully saturated rings. The first-order valence-corrected chi connectivity index (χ1v) is 4.29. The van der Waals surface area contributed by atoms with E-state index < -0.39 is 27.1 Å². The summed E-state index contributed by atoms with van der Waals surface area (Å²) in [5, 5.41) is 21.6. The van der Waals surface area contributed by atoms with E-state index in [1.165, 1.54) is 12.1 Å². The molecule has 1 heterocycles. The molecule has 0 saturated heterocycles. The van der Waals surface area contributed by atoms with Crippen molar-refractivity contribution in [2.75, 3.05) is 0 Å². The van der Waals surface area contributed by atoms with Crippen molar-refractivity contribution < 1.29 is 19.6 Å². The average Bonchev–Trinajstić information content (AvgIpc) is 2.27. The van der Waals surface area contributed by atoms with Crippen molar-refractivity contribution >= 4 is 11.4 Å². The summed E-state index contributed by atoms with van der Waals surface area (Å²) in [7, 11) is 0. The Morgan fingerprint density at radius 2 is 1.82 bits per heavy atom. The number of rotatable bonds is 2. The first-order valence-electron chi connectivity index (χ1n) is 4.29. The van der Waals surface area contributed by atoms with Gasteiger partial charge in [-0.3, -0.25) is 30.0 Å². The van der Waals surface area contributed by atoms with E-state index in [1.807, 2.05) is 0 Å². The largest absolute Gasteiger partial charge is 0.360 e. The molecule has 0 unspecified atom stereocenters. The highest BCUT2D eigenvalue weighted by atomic mass is 17.2. The van der Waals surface area contributed by atoms with Gasteiger partial charge in [-0.2, -0.15) is 0 Å². The predicted octanol–water partition coefficient (Wildman–Crippen LogP) is 0.780. The molecule has 1 aromatic carbocycles. The van der Waals surface area contributed by atoms with Gasteiger partial charge in [0.1, 0.15) is 0 Å². The highest BCUT2D eigenvalue weighted by Crippen LogP contribution is 2.38. The third kappa shape index (κ3) is 1.58. The van der Waals surface area contributed by atoms with Crippen LogP contribution < -0.4 is 10.6 Å². The molecule has 0 bridgehead atoms. The van der Waals surface area contributed by atoms with Gasteiger partial charge in [-0.1, -0.05) is 6.07 Å². The zero-order valence-electron chi connectivity index (χ0n) is 8.15. The van der Waals surface area contributed by atoms with E-state index in [-0.39, 0.29) is 11.3 Å². The van der Waals surface area contributed by atoms with E-state index in [2.05, 4.69) is 9.78 Å². The quantitative estimate of drug-likeness (QED) is 0.458. The van der Waals surface area contributed by atoms with Crippen LogP contribution in [-0.2, 0) is 4.89 Å². The van der Waals surface area contributed by atoms with Gasteiger partial charge in [0.05, 0.1) is 9.85 Å². The lowest BCUT2D eigenvalue weighted by atomic mass is 10.1. The fourth-order valence-electron chi connectivity index (χ4n) is 1.41. The summed E-state index contributed by atoms with van der Waals surface area (Å²) < 4.78 is 0. The Hall–Kier alpha value is -2.84. The SMILES string of the molecule is NC1=C([N+](=O)[O-])c2c(cccc2[N+](=O)[O-])OO1. The van der Waals surface area contributed by atoms with Crippen LogP contribution in [0.5, 0.6) is 5.75 Å². The molecule has 0 aliphatic carbocycles. The maximum Gasteiger partial charge on any atom is 0.351 e. The van der Waals surface area contributed by atoms with Crippen molar-refractivity contribution in [3.8, 4) is 5.75 Å². The Kier molecular flexibility index (Phi) is 2.28. The van der Waals surface area contributed by atoms with Crippen LogP contribution in [0.3, 0.4) is 0 Å². The van der Waals surface area contributed by atoms with Crippen LogP contribution in [0.2, 0.25) is 0 Å². The molecular formula is C8H5N3O6. The number of hydrogen-bond acceptors (Lipinski definition) is 7. The summed E-state index contributed by atoms with van der Waals surface area (Å²) in [5.41, 5.74) is 3.78. The summed E-state index contributed by atoms with van der Waals surface area (Å²) in [6.45, 7) is 0. The molecule has 0 radical (unpaired) electrons. The second-order valence-electron chi connectivity index (χ2n) is 3.04. The molecule has 0 saturated carbocycles. The zero-order chi connectivity index (χ0) is 12.6. The van der Waals surface area contributed by atoms with E-state index >= 15 is 0 Å². The number of benzene rings is 1. The van der Waals surface area contributed by atoms with Crippen molar-refractivity contribution in [1.29, 1.82) is 0 Å². The Labute approximate surface area is 93.3 Å².